The van der Waals surface area contributed by atoms with E-state index in [4.69, 9.17) is 5.73 Å². The van der Waals surface area contributed by atoms with Crippen LogP contribution in [0.1, 0.15) is 31.2 Å². The van der Waals surface area contributed by atoms with Crippen LogP contribution >= 0.6 is 15.9 Å². The van der Waals surface area contributed by atoms with Crippen LogP contribution in [0.2, 0.25) is 0 Å². The molecule has 1 aliphatic carbocycles. The van der Waals surface area contributed by atoms with Crippen molar-refractivity contribution in [2.24, 2.45) is 11.7 Å². The zero-order valence-electron chi connectivity index (χ0n) is 11.3. The van der Waals surface area contributed by atoms with Crippen LogP contribution in [0.5, 0.6) is 0 Å². The quantitative estimate of drug-likeness (QED) is 0.929. The molecule has 19 heavy (non-hydrogen) atoms. The van der Waals surface area contributed by atoms with Crippen LogP contribution < -0.4 is 5.73 Å². The number of benzene rings is 1. The Kier molecular flexibility index (Phi) is 4.99. The summed E-state index contributed by atoms with van der Waals surface area (Å²) in [4.78, 5) is 14.2. The second kappa shape index (κ2) is 6.53. The molecule has 0 aliphatic heterocycles. The average molecular weight is 325 g/mol. The van der Waals surface area contributed by atoms with Gasteiger partial charge in [0.25, 0.3) is 0 Å². The van der Waals surface area contributed by atoms with Crippen LogP contribution in [0.3, 0.4) is 0 Å². The predicted octanol–water partition coefficient (Wildman–Crippen LogP) is 2.93. The van der Waals surface area contributed by atoms with Crippen molar-refractivity contribution in [2.45, 2.75) is 38.3 Å². The monoisotopic (exact) mass is 324 g/mol. The fourth-order valence-corrected chi connectivity index (χ4v) is 3.20. The van der Waals surface area contributed by atoms with E-state index in [0.29, 0.717) is 6.54 Å². The van der Waals surface area contributed by atoms with Crippen molar-refractivity contribution in [1.29, 1.82) is 0 Å². The second-order valence-corrected chi connectivity index (χ2v) is 6.36. The smallest absolute Gasteiger partial charge is 0.225 e. The Morgan fingerprint density at radius 3 is 2.95 bits per heavy atom. The van der Waals surface area contributed by atoms with Crippen LogP contribution in [0.25, 0.3) is 0 Å². The second-order valence-electron chi connectivity index (χ2n) is 5.45. The van der Waals surface area contributed by atoms with Crippen molar-refractivity contribution in [3.05, 3.63) is 34.3 Å². The number of nitrogens with two attached hydrogens (primary N) is 1. The highest BCUT2D eigenvalue weighted by Gasteiger charge is 2.27. The van der Waals surface area contributed by atoms with Gasteiger partial charge >= 0.3 is 0 Å². The summed E-state index contributed by atoms with van der Waals surface area (Å²) in [5.41, 5.74) is 7.10. The molecular formula is C15H21BrN2O. The Hall–Kier alpha value is -0.870. The van der Waals surface area contributed by atoms with E-state index >= 15 is 0 Å². The van der Waals surface area contributed by atoms with Gasteiger partial charge in [-0.1, -0.05) is 34.5 Å². The average Bonchev–Trinajstić information content (AvgIpc) is 2.38. The van der Waals surface area contributed by atoms with Gasteiger partial charge in [-0.05, 0) is 37.0 Å². The molecule has 2 unspecified atom stereocenters. The number of nitrogens with zero attached hydrogens (tertiary/aromatic N) is 1. The zero-order valence-corrected chi connectivity index (χ0v) is 12.9. The fraction of sp³-hybridized carbons (Fsp3) is 0.533. The van der Waals surface area contributed by atoms with E-state index in [0.717, 1.165) is 35.7 Å². The molecule has 1 amide bonds. The van der Waals surface area contributed by atoms with Gasteiger partial charge in [0.1, 0.15) is 0 Å². The highest BCUT2D eigenvalue weighted by molar-refractivity contribution is 9.10. The molecule has 2 N–H and O–H groups in total. The molecule has 0 bridgehead atoms. The molecule has 1 saturated carbocycles. The van der Waals surface area contributed by atoms with E-state index in [-0.39, 0.29) is 17.9 Å². The lowest BCUT2D eigenvalue weighted by atomic mass is 9.85. The molecule has 2 atom stereocenters. The molecule has 2 rings (SSSR count). The predicted molar refractivity (Wildman–Crippen MR) is 80.5 cm³/mol. The molecule has 1 aromatic rings. The summed E-state index contributed by atoms with van der Waals surface area (Å²) in [7, 11) is 1.88. The Bertz CT molecular complexity index is 450. The summed E-state index contributed by atoms with van der Waals surface area (Å²) < 4.78 is 1.05. The number of halogens is 1. The van der Waals surface area contributed by atoms with E-state index in [9.17, 15) is 4.79 Å². The van der Waals surface area contributed by atoms with Crippen LogP contribution in [0, 0.1) is 5.92 Å². The molecule has 104 valence electrons. The minimum atomic E-state index is 0.112. The third-order valence-electron chi connectivity index (χ3n) is 3.75. The van der Waals surface area contributed by atoms with E-state index < -0.39 is 0 Å². The van der Waals surface area contributed by atoms with Crippen molar-refractivity contribution in [1.82, 2.24) is 4.90 Å². The molecule has 0 heterocycles. The molecule has 0 spiro atoms. The molecule has 1 fully saturated rings. The standard InChI is InChI=1S/C15H21BrN2O/c1-18(10-11-4-2-6-13(16)8-11)15(19)12-5-3-7-14(17)9-12/h2,4,6,8,12,14H,3,5,7,9-10,17H2,1H3. The van der Waals surface area contributed by atoms with Gasteiger partial charge in [0.15, 0.2) is 0 Å². The van der Waals surface area contributed by atoms with Gasteiger partial charge in [-0.3, -0.25) is 4.79 Å². The summed E-state index contributed by atoms with van der Waals surface area (Å²) in [5.74, 6) is 0.344. The third-order valence-corrected chi connectivity index (χ3v) is 4.24. The summed E-state index contributed by atoms with van der Waals surface area (Å²) in [5, 5.41) is 0. The molecule has 3 nitrogen and oxygen atoms in total. The van der Waals surface area contributed by atoms with Crippen LogP contribution in [-0.2, 0) is 11.3 Å². The number of amides is 1. The normalized spacial score (nSPS) is 23.1. The van der Waals surface area contributed by atoms with Gasteiger partial charge in [0, 0.05) is 30.0 Å². The number of carbonyl (C=O) groups excluding carboxylic acids is 1. The summed E-state index contributed by atoms with van der Waals surface area (Å²) in [6, 6.07) is 8.28. The fourth-order valence-electron chi connectivity index (χ4n) is 2.75. The Morgan fingerprint density at radius 1 is 1.47 bits per heavy atom. The Morgan fingerprint density at radius 2 is 2.26 bits per heavy atom. The molecule has 4 heteroatoms. The molecular weight excluding hydrogens is 304 g/mol. The highest BCUT2D eigenvalue weighted by Crippen LogP contribution is 2.25. The van der Waals surface area contributed by atoms with E-state index in [1.807, 2.05) is 30.1 Å². The Labute approximate surface area is 123 Å². The van der Waals surface area contributed by atoms with E-state index in [2.05, 4.69) is 22.0 Å². The first kappa shape index (κ1) is 14.5. The Balaban J connectivity index is 1.95. The first-order valence-electron chi connectivity index (χ1n) is 6.81. The lowest BCUT2D eigenvalue weighted by molar-refractivity contribution is -0.135. The van der Waals surface area contributed by atoms with Crippen LogP contribution in [0.15, 0.2) is 28.7 Å². The van der Waals surface area contributed by atoms with Gasteiger partial charge < -0.3 is 10.6 Å². The maximum absolute atomic E-state index is 12.4. The minimum Gasteiger partial charge on any atom is -0.341 e. The maximum Gasteiger partial charge on any atom is 0.225 e. The van der Waals surface area contributed by atoms with Gasteiger partial charge in [-0.15, -0.1) is 0 Å². The number of rotatable bonds is 3. The van der Waals surface area contributed by atoms with Crippen molar-refractivity contribution >= 4 is 21.8 Å². The number of hydrogen-bond donors (Lipinski definition) is 1. The SMILES string of the molecule is CN(Cc1cccc(Br)c1)C(=O)C1CCCC(N)C1. The van der Waals surface area contributed by atoms with Crippen molar-refractivity contribution in [3.63, 3.8) is 0 Å². The summed E-state index contributed by atoms with van der Waals surface area (Å²) >= 11 is 3.45. The van der Waals surface area contributed by atoms with Crippen molar-refractivity contribution in [3.8, 4) is 0 Å². The first-order chi connectivity index (χ1) is 9.06. The van der Waals surface area contributed by atoms with Crippen molar-refractivity contribution in [2.75, 3.05) is 7.05 Å². The zero-order chi connectivity index (χ0) is 13.8. The molecule has 0 saturated heterocycles. The lowest BCUT2D eigenvalue weighted by Gasteiger charge is -2.29. The minimum absolute atomic E-state index is 0.112. The molecule has 0 radical (unpaired) electrons. The molecule has 1 aliphatic rings. The van der Waals surface area contributed by atoms with E-state index in [1.54, 1.807) is 0 Å². The van der Waals surface area contributed by atoms with Crippen LogP contribution in [-0.4, -0.2) is 23.9 Å². The van der Waals surface area contributed by atoms with Gasteiger partial charge in [-0.2, -0.15) is 0 Å². The first-order valence-corrected chi connectivity index (χ1v) is 7.60. The number of carbonyl (C=O) groups is 1. The maximum atomic E-state index is 12.4. The largest absolute Gasteiger partial charge is 0.341 e. The highest BCUT2D eigenvalue weighted by atomic mass is 79.9. The van der Waals surface area contributed by atoms with Gasteiger partial charge in [0.2, 0.25) is 5.91 Å². The topological polar surface area (TPSA) is 46.3 Å². The van der Waals surface area contributed by atoms with Crippen molar-refractivity contribution < 1.29 is 4.79 Å². The molecule has 1 aromatic carbocycles. The molecule has 0 aromatic heterocycles. The summed E-state index contributed by atoms with van der Waals surface area (Å²) in [6.07, 6.45) is 3.94. The third kappa shape index (κ3) is 4.05. The van der Waals surface area contributed by atoms with E-state index in [1.165, 1.54) is 0 Å². The number of hydrogen-bond acceptors (Lipinski definition) is 2. The van der Waals surface area contributed by atoms with Gasteiger partial charge in [-0.25, -0.2) is 0 Å². The summed E-state index contributed by atoms with van der Waals surface area (Å²) in [6.45, 7) is 0.657. The van der Waals surface area contributed by atoms with Gasteiger partial charge in [0.05, 0.1) is 0 Å². The lowest BCUT2D eigenvalue weighted by Crippen LogP contribution is -2.38. The van der Waals surface area contributed by atoms with Crippen LogP contribution in [0.4, 0.5) is 0 Å².